The molecule has 0 fully saturated rings. The Morgan fingerprint density at radius 1 is 1.20 bits per heavy atom. The van der Waals surface area contributed by atoms with E-state index in [1.807, 2.05) is 18.2 Å². The average molecular weight is 137 g/mol. The second-order valence-electron chi connectivity index (χ2n) is 2.06. The molecule has 0 saturated heterocycles. The minimum absolute atomic E-state index is 0.343. The molecule has 1 atom stereocenters. The molecule has 0 aromatic carbocycles. The molecule has 1 heteroatoms. The second kappa shape index (κ2) is 6.30. The Bertz CT molecular complexity index is 116. The van der Waals surface area contributed by atoms with Crippen LogP contribution >= 0.6 is 0 Å². The maximum Gasteiger partial charge on any atom is 0.0284 e. The molecule has 0 unspecified atom stereocenters. The Morgan fingerprint density at radius 3 is 2.30 bits per heavy atom. The third-order valence-corrected chi connectivity index (χ3v) is 1.23. The first kappa shape index (κ1) is 9.18. The predicted molar refractivity (Wildman–Crippen MR) is 47.0 cm³/mol. The van der Waals surface area contributed by atoms with Gasteiger partial charge < -0.3 is 5.32 Å². The summed E-state index contributed by atoms with van der Waals surface area (Å²) in [5, 5.41) is 3.21. The van der Waals surface area contributed by atoms with Crippen molar-refractivity contribution in [1.29, 1.82) is 0 Å². The summed E-state index contributed by atoms with van der Waals surface area (Å²) in [5.41, 5.74) is 0. The highest BCUT2D eigenvalue weighted by molar-refractivity contribution is 4.92. The van der Waals surface area contributed by atoms with E-state index in [-0.39, 0.29) is 0 Å². The van der Waals surface area contributed by atoms with Crippen LogP contribution < -0.4 is 5.32 Å². The van der Waals surface area contributed by atoms with Gasteiger partial charge in [-0.3, -0.25) is 0 Å². The molecule has 0 radical (unpaired) electrons. The molecule has 0 rings (SSSR count). The van der Waals surface area contributed by atoms with Gasteiger partial charge in [-0.1, -0.05) is 18.2 Å². The molecule has 0 aromatic rings. The molecule has 0 heterocycles. The van der Waals surface area contributed by atoms with Crippen molar-refractivity contribution < 1.29 is 0 Å². The second-order valence-corrected chi connectivity index (χ2v) is 2.06. The van der Waals surface area contributed by atoms with Crippen LogP contribution in [0.15, 0.2) is 38.0 Å². The number of rotatable bonds is 6. The van der Waals surface area contributed by atoms with Crippen LogP contribution in [-0.4, -0.2) is 12.6 Å². The lowest BCUT2D eigenvalue weighted by Crippen LogP contribution is -2.26. The Labute approximate surface area is 63.1 Å². The maximum atomic E-state index is 3.69. The highest BCUT2D eigenvalue weighted by Crippen LogP contribution is 1.92. The van der Waals surface area contributed by atoms with Gasteiger partial charge in [0.2, 0.25) is 0 Å². The fourth-order valence-electron chi connectivity index (χ4n) is 0.677. The molecule has 0 aromatic heterocycles. The fourth-order valence-corrected chi connectivity index (χ4v) is 0.677. The summed E-state index contributed by atoms with van der Waals surface area (Å²) < 4.78 is 0. The van der Waals surface area contributed by atoms with Gasteiger partial charge in [0.15, 0.2) is 0 Å². The van der Waals surface area contributed by atoms with Crippen molar-refractivity contribution in [2.75, 3.05) is 6.54 Å². The van der Waals surface area contributed by atoms with Gasteiger partial charge >= 0.3 is 0 Å². The number of nitrogens with one attached hydrogen (secondary N) is 1. The van der Waals surface area contributed by atoms with E-state index >= 15 is 0 Å². The van der Waals surface area contributed by atoms with Crippen LogP contribution in [0.25, 0.3) is 0 Å². The van der Waals surface area contributed by atoms with Crippen LogP contribution in [0.4, 0.5) is 0 Å². The van der Waals surface area contributed by atoms with E-state index in [4.69, 9.17) is 0 Å². The van der Waals surface area contributed by atoms with Gasteiger partial charge in [-0.05, 0) is 6.42 Å². The van der Waals surface area contributed by atoms with Crippen molar-refractivity contribution in [3.63, 3.8) is 0 Å². The van der Waals surface area contributed by atoms with E-state index in [1.165, 1.54) is 0 Å². The lowest BCUT2D eigenvalue weighted by Gasteiger charge is -2.09. The fraction of sp³-hybridized carbons (Fsp3) is 0.333. The molecule has 0 amide bonds. The monoisotopic (exact) mass is 137 g/mol. The van der Waals surface area contributed by atoms with E-state index in [9.17, 15) is 0 Å². The molecule has 0 bridgehead atoms. The summed E-state index contributed by atoms with van der Waals surface area (Å²) in [6.07, 6.45) is 6.52. The Hall–Kier alpha value is -0.820. The standard InChI is InChI=1S/C9H15N/c1-4-7-9(6-3)10-8-5-2/h4-6,9-10H,1-3,7-8H2/t9-/m1/s1. The molecule has 1 N–H and O–H groups in total. The summed E-state index contributed by atoms with van der Waals surface area (Å²) in [6.45, 7) is 11.8. The zero-order valence-electron chi connectivity index (χ0n) is 6.34. The topological polar surface area (TPSA) is 12.0 Å². The van der Waals surface area contributed by atoms with Crippen molar-refractivity contribution in [2.24, 2.45) is 0 Å². The van der Waals surface area contributed by atoms with E-state index in [0.29, 0.717) is 6.04 Å². The number of hydrogen-bond donors (Lipinski definition) is 1. The Kier molecular flexibility index (Phi) is 5.79. The van der Waals surface area contributed by atoms with Crippen molar-refractivity contribution >= 4 is 0 Å². The summed E-state index contributed by atoms with van der Waals surface area (Å²) in [4.78, 5) is 0. The highest BCUT2D eigenvalue weighted by atomic mass is 14.9. The van der Waals surface area contributed by atoms with Gasteiger partial charge in [0.25, 0.3) is 0 Å². The molecule has 56 valence electrons. The van der Waals surface area contributed by atoms with Crippen LogP contribution in [0.5, 0.6) is 0 Å². The van der Waals surface area contributed by atoms with Gasteiger partial charge in [0.1, 0.15) is 0 Å². The minimum Gasteiger partial charge on any atom is -0.307 e. The highest BCUT2D eigenvalue weighted by Gasteiger charge is 1.96. The van der Waals surface area contributed by atoms with Crippen molar-refractivity contribution in [3.05, 3.63) is 38.0 Å². The summed E-state index contributed by atoms with van der Waals surface area (Å²) in [5.74, 6) is 0. The molecular formula is C9H15N. The van der Waals surface area contributed by atoms with Crippen LogP contribution in [0.1, 0.15) is 6.42 Å². The van der Waals surface area contributed by atoms with E-state index in [2.05, 4.69) is 25.1 Å². The first-order valence-electron chi connectivity index (χ1n) is 3.43. The normalized spacial score (nSPS) is 12.0. The smallest absolute Gasteiger partial charge is 0.0284 e. The SMILES string of the molecule is C=CCN[C@H](C=C)CC=C. The van der Waals surface area contributed by atoms with E-state index in [0.717, 1.165) is 13.0 Å². The molecule has 0 aliphatic rings. The summed E-state index contributed by atoms with van der Waals surface area (Å²) in [6, 6.07) is 0.343. The van der Waals surface area contributed by atoms with Crippen molar-refractivity contribution in [3.8, 4) is 0 Å². The molecule has 0 spiro atoms. The predicted octanol–water partition coefficient (Wildman–Crippen LogP) is 1.89. The van der Waals surface area contributed by atoms with Gasteiger partial charge in [-0.25, -0.2) is 0 Å². The summed E-state index contributed by atoms with van der Waals surface area (Å²) in [7, 11) is 0. The zero-order chi connectivity index (χ0) is 7.82. The maximum absolute atomic E-state index is 3.69. The minimum atomic E-state index is 0.343. The molecule has 10 heavy (non-hydrogen) atoms. The van der Waals surface area contributed by atoms with Gasteiger partial charge in [0.05, 0.1) is 0 Å². The molecule has 0 saturated carbocycles. The van der Waals surface area contributed by atoms with E-state index in [1.54, 1.807) is 0 Å². The lowest BCUT2D eigenvalue weighted by molar-refractivity contribution is 0.643. The Balaban J connectivity index is 3.47. The van der Waals surface area contributed by atoms with Crippen LogP contribution in [-0.2, 0) is 0 Å². The quantitative estimate of drug-likeness (QED) is 0.551. The molecule has 0 aliphatic heterocycles. The first-order valence-corrected chi connectivity index (χ1v) is 3.43. The van der Waals surface area contributed by atoms with Gasteiger partial charge in [-0.15, -0.1) is 19.7 Å². The van der Waals surface area contributed by atoms with Gasteiger partial charge in [-0.2, -0.15) is 0 Å². The molecule has 1 nitrogen and oxygen atoms in total. The van der Waals surface area contributed by atoms with Crippen molar-refractivity contribution in [2.45, 2.75) is 12.5 Å². The third kappa shape index (κ3) is 4.10. The molecular weight excluding hydrogens is 122 g/mol. The van der Waals surface area contributed by atoms with Crippen molar-refractivity contribution in [1.82, 2.24) is 5.32 Å². The van der Waals surface area contributed by atoms with E-state index < -0.39 is 0 Å². The van der Waals surface area contributed by atoms with Gasteiger partial charge in [0, 0.05) is 12.6 Å². The number of hydrogen-bond acceptors (Lipinski definition) is 1. The zero-order valence-corrected chi connectivity index (χ0v) is 6.34. The Morgan fingerprint density at radius 2 is 1.90 bits per heavy atom. The molecule has 0 aliphatic carbocycles. The van der Waals surface area contributed by atoms with Crippen LogP contribution in [0, 0.1) is 0 Å². The largest absolute Gasteiger partial charge is 0.307 e. The van der Waals surface area contributed by atoms with Crippen LogP contribution in [0.3, 0.4) is 0 Å². The average Bonchev–Trinajstić information content (AvgIpc) is 1.98. The summed E-state index contributed by atoms with van der Waals surface area (Å²) >= 11 is 0. The third-order valence-electron chi connectivity index (χ3n) is 1.23. The van der Waals surface area contributed by atoms with Crippen LogP contribution in [0.2, 0.25) is 0 Å². The lowest BCUT2D eigenvalue weighted by atomic mass is 10.2. The first-order chi connectivity index (χ1) is 4.85.